The van der Waals surface area contributed by atoms with Crippen molar-refractivity contribution in [1.82, 2.24) is 0 Å². The minimum atomic E-state index is -0.00253. The zero-order valence-electron chi connectivity index (χ0n) is 10.6. The highest BCUT2D eigenvalue weighted by Gasteiger charge is 2.21. The lowest BCUT2D eigenvalue weighted by Gasteiger charge is -2.22. The molecular weight excluding hydrogens is 186 g/mol. The van der Waals surface area contributed by atoms with Crippen LogP contribution in [0.25, 0.3) is 0 Å². The summed E-state index contributed by atoms with van der Waals surface area (Å²) in [7, 11) is 0. The molecule has 2 heteroatoms. The third-order valence-corrected chi connectivity index (χ3v) is 3.22. The average molecular weight is 213 g/mol. The van der Waals surface area contributed by atoms with Crippen molar-refractivity contribution in [3.05, 3.63) is 0 Å². The van der Waals surface area contributed by atoms with Crippen LogP contribution in [-0.4, -0.2) is 18.2 Å². The molecule has 1 unspecified atom stereocenters. The molecule has 1 atom stereocenters. The Morgan fingerprint density at radius 3 is 2.40 bits per heavy atom. The molecule has 0 spiro atoms. The average Bonchev–Trinajstić information content (AvgIpc) is 2.63. The van der Waals surface area contributed by atoms with Crippen LogP contribution >= 0.6 is 0 Å². The lowest BCUT2D eigenvalue weighted by atomic mass is 9.95. The van der Waals surface area contributed by atoms with Gasteiger partial charge in [-0.05, 0) is 52.4 Å². The van der Waals surface area contributed by atoms with Crippen LogP contribution in [0.15, 0.2) is 0 Å². The summed E-state index contributed by atoms with van der Waals surface area (Å²) >= 11 is 0. The molecule has 0 aromatic heterocycles. The van der Waals surface area contributed by atoms with Gasteiger partial charge in [-0.2, -0.15) is 0 Å². The minimum Gasteiger partial charge on any atom is -0.376 e. The van der Waals surface area contributed by atoms with Crippen molar-refractivity contribution in [3.63, 3.8) is 0 Å². The third-order valence-electron chi connectivity index (χ3n) is 3.22. The normalized spacial score (nSPS) is 20.8. The Morgan fingerprint density at radius 1 is 1.27 bits per heavy atom. The van der Waals surface area contributed by atoms with Crippen LogP contribution < -0.4 is 5.73 Å². The van der Waals surface area contributed by atoms with Gasteiger partial charge in [0.2, 0.25) is 0 Å². The molecule has 0 saturated heterocycles. The lowest BCUT2D eigenvalue weighted by Crippen LogP contribution is -2.29. The van der Waals surface area contributed by atoms with Crippen molar-refractivity contribution >= 4 is 0 Å². The van der Waals surface area contributed by atoms with E-state index in [0.717, 1.165) is 25.4 Å². The predicted octanol–water partition coefficient (Wildman–Crippen LogP) is 3.10. The number of hydrogen-bond acceptors (Lipinski definition) is 2. The van der Waals surface area contributed by atoms with Gasteiger partial charge in [0.05, 0.1) is 5.60 Å². The van der Waals surface area contributed by atoms with Gasteiger partial charge in [-0.15, -0.1) is 0 Å². The summed E-state index contributed by atoms with van der Waals surface area (Å²) in [6, 6.07) is 0.413. The Morgan fingerprint density at radius 2 is 1.87 bits per heavy atom. The number of rotatable bonds is 5. The zero-order valence-corrected chi connectivity index (χ0v) is 10.6. The quantitative estimate of drug-likeness (QED) is 0.712. The van der Waals surface area contributed by atoms with Gasteiger partial charge in [-0.1, -0.05) is 12.8 Å². The van der Waals surface area contributed by atoms with E-state index in [4.69, 9.17) is 10.5 Å². The fraction of sp³-hybridized carbons (Fsp3) is 1.00. The summed E-state index contributed by atoms with van der Waals surface area (Å²) in [5, 5.41) is 0. The first kappa shape index (κ1) is 13.0. The standard InChI is InChI=1S/C13H27NO/c1-13(2,3)15-10-6-9-12(14)11-7-4-5-8-11/h11-12H,4-10,14H2,1-3H3. The van der Waals surface area contributed by atoms with Crippen molar-refractivity contribution in [2.75, 3.05) is 6.61 Å². The topological polar surface area (TPSA) is 35.2 Å². The summed E-state index contributed by atoms with van der Waals surface area (Å²) in [5.74, 6) is 0.791. The molecule has 1 rings (SSSR count). The summed E-state index contributed by atoms with van der Waals surface area (Å²) in [6.07, 6.45) is 7.70. The van der Waals surface area contributed by atoms with E-state index < -0.39 is 0 Å². The molecule has 1 fully saturated rings. The van der Waals surface area contributed by atoms with Crippen molar-refractivity contribution in [2.45, 2.75) is 70.9 Å². The van der Waals surface area contributed by atoms with E-state index in [9.17, 15) is 0 Å². The van der Waals surface area contributed by atoms with Gasteiger partial charge in [0.1, 0.15) is 0 Å². The number of hydrogen-bond donors (Lipinski definition) is 1. The van der Waals surface area contributed by atoms with Gasteiger partial charge in [0, 0.05) is 12.6 Å². The van der Waals surface area contributed by atoms with Gasteiger partial charge in [0.15, 0.2) is 0 Å². The fourth-order valence-corrected chi connectivity index (χ4v) is 2.32. The lowest BCUT2D eigenvalue weighted by molar-refractivity contribution is -0.00551. The second kappa shape index (κ2) is 5.86. The Kier molecular flexibility index (Phi) is 5.07. The highest BCUT2D eigenvalue weighted by atomic mass is 16.5. The summed E-state index contributed by atoms with van der Waals surface area (Å²) < 4.78 is 5.69. The maximum absolute atomic E-state index is 6.17. The molecule has 0 bridgehead atoms. The molecule has 0 aliphatic heterocycles. The van der Waals surface area contributed by atoms with E-state index >= 15 is 0 Å². The monoisotopic (exact) mass is 213 g/mol. The molecule has 0 amide bonds. The van der Waals surface area contributed by atoms with Crippen LogP contribution in [0.2, 0.25) is 0 Å². The molecule has 0 aromatic rings. The first-order chi connectivity index (χ1) is 6.99. The van der Waals surface area contributed by atoms with Crippen LogP contribution in [0.5, 0.6) is 0 Å². The van der Waals surface area contributed by atoms with Gasteiger partial charge < -0.3 is 10.5 Å². The number of nitrogens with two attached hydrogens (primary N) is 1. The molecule has 1 aliphatic carbocycles. The Balaban J connectivity index is 2.04. The maximum atomic E-state index is 6.17. The Bertz CT molecular complexity index is 168. The minimum absolute atomic E-state index is 0.00253. The van der Waals surface area contributed by atoms with E-state index in [2.05, 4.69) is 20.8 Å². The number of ether oxygens (including phenoxy) is 1. The molecular formula is C13H27NO. The first-order valence-corrected chi connectivity index (χ1v) is 6.38. The van der Waals surface area contributed by atoms with Crippen molar-refractivity contribution in [1.29, 1.82) is 0 Å². The molecule has 0 radical (unpaired) electrons. The highest BCUT2D eigenvalue weighted by Crippen LogP contribution is 2.28. The smallest absolute Gasteiger partial charge is 0.0598 e. The SMILES string of the molecule is CC(C)(C)OCCCC(N)C1CCCC1. The Hall–Kier alpha value is -0.0800. The maximum Gasteiger partial charge on any atom is 0.0598 e. The zero-order chi connectivity index (χ0) is 11.3. The van der Waals surface area contributed by atoms with E-state index in [1.54, 1.807) is 0 Å². The second-order valence-corrected chi connectivity index (χ2v) is 5.81. The van der Waals surface area contributed by atoms with Crippen molar-refractivity contribution in [2.24, 2.45) is 11.7 Å². The van der Waals surface area contributed by atoms with E-state index in [1.165, 1.54) is 25.7 Å². The van der Waals surface area contributed by atoms with E-state index in [1.807, 2.05) is 0 Å². The second-order valence-electron chi connectivity index (χ2n) is 5.81. The molecule has 1 aliphatic rings. The fourth-order valence-electron chi connectivity index (χ4n) is 2.32. The Labute approximate surface area is 94.6 Å². The van der Waals surface area contributed by atoms with Crippen LogP contribution in [0, 0.1) is 5.92 Å². The van der Waals surface area contributed by atoms with Crippen LogP contribution in [0.3, 0.4) is 0 Å². The molecule has 2 nitrogen and oxygen atoms in total. The van der Waals surface area contributed by atoms with E-state index in [-0.39, 0.29) is 5.60 Å². The van der Waals surface area contributed by atoms with E-state index in [0.29, 0.717) is 6.04 Å². The van der Waals surface area contributed by atoms with Gasteiger partial charge in [-0.25, -0.2) is 0 Å². The largest absolute Gasteiger partial charge is 0.376 e. The van der Waals surface area contributed by atoms with Gasteiger partial charge in [0.25, 0.3) is 0 Å². The van der Waals surface area contributed by atoms with Crippen LogP contribution in [-0.2, 0) is 4.74 Å². The molecule has 15 heavy (non-hydrogen) atoms. The van der Waals surface area contributed by atoms with Crippen LogP contribution in [0.1, 0.15) is 59.3 Å². The van der Waals surface area contributed by atoms with Gasteiger partial charge in [-0.3, -0.25) is 0 Å². The third kappa shape index (κ3) is 5.53. The van der Waals surface area contributed by atoms with Gasteiger partial charge >= 0.3 is 0 Å². The molecule has 0 heterocycles. The molecule has 2 N–H and O–H groups in total. The van der Waals surface area contributed by atoms with Crippen molar-refractivity contribution < 1.29 is 4.74 Å². The van der Waals surface area contributed by atoms with Crippen LogP contribution in [0.4, 0.5) is 0 Å². The summed E-state index contributed by atoms with van der Waals surface area (Å²) in [6.45, 7) is 7.15. The summed E-state index contributed by atoms with van der Waals surface area (Å²) in [5.41, 5.74) is 6.17. The molecule has 0 aromatic carbocycles. The molecule has 1 saturated carbocycles. The first-order valence-electron chi connectivity index (χ1n) is 6.38. The highest BCUT2D eigenvalue weighted by molar-refractivity contribution is 4.77. The molecule has 90 valence electrons. The van der Waals surface area contributed by atoms with Crippen molar-refractivity contribution in [3.8, 4) is 0 Å². The summed E-state index contributed by atoms with van der Waals surface area (Å²) in [4.78, 5) is 0. The predicted molar refractivity (Wildman–Crippen MR) is 64.9 cm³/mol.